The second-order valence-corrected chi connectivity index (χ2v) is 8.34. The highest BCUT2D eigenvalue weighted by molar-refractivity contribution is 7.80. The summed E-state index contributed by atoms with van der Waals surface area (Å²) in [6, 6.07) is 6.91. The van der Waals surface area contributed by atoms with E-state index in [1.165, 1.54) is 38.5 Å². The van der Waals surface area contributed by atoms with Gasteiger partial charge in [0.05, 0.1) is 0 Å². The molecule has 0 heterocycles. The summed E-state index contributed by atoms with van der Waals surface area (Å²) in [5.41, 5.74) is 3.90. The maximum Gasteiger partial charge on any atom is 0.00429 e. The predicted octanol–water partition coefficient (Wildman–Crippen LogP) is 5.47. The van der Waals surface area contributed by atoms with Gasteiger partial charge in [0, 0.05) is 4.90 Å². The van der Waals surface area contributed by atoms with E-state index in [4.69, 9.17) is 0 Å². The van der Waals surface area contributed by atoms with E-state index < -0.39 is 0 Å². The zero-order valence-electron chi connectivity index (χ0n) is 12.7. The Morgan fingerprint density at radius 3 is 2.85 bits per heavy atom. The monoisotopic (exact) mass is 286 g/mol. The van der Waals surface area contributed by atoms with Crippen LogP contribution in [0.2, 0.25) is 0 Å². The van der Waals surface area contributed by atoms with Crippen LogP contribution in [0.4, 0.5) is 0 Å². The molecule has 108 valence electrons. The molecule has 20 heavy (non-hydrogen) atoms. The van der Waals surface area contributed by atoms with Crippen LogP contribution >= 0.6 is 12.6 Å². The lowest BCUT2D eigenvalue weighted by molar-refractivity contribution is 0.0336. The fourth-order valence-electron chi connectivity index (χ4n) is 5.83. The van der Waals surface area contributed by atoms with Crippen molar-refractivity contribution >= 4 is 12.6 Å². The summed E-state index contributed by atoms with van der Waals surface area (Å²) >= 11 is 4.52. The fourth-order valence-corrected chi connectivity index (χ4v) is 6.06. The van der Waals surface area contributed by atoms with Crippen LogP contribution in [0.5, 0.6) is 0 Å². The molecule has 0 spiro atoms. The van der Waals surface area contributed by atoms with Gasteiger partial charge in [-0.1, -0.05) is 19.9 Å². The van der Waals surface area contributed by atoms with Crippen molar-refractivity contribution in [1.29, 1.82) is 0 Å². The van der Waals surface area contributed by atoms with Gasteiger partial charge in [0.2, 0.25) is 0 Å². The second-order valence-electron chi connectivity index (χ2n) is 7.82. The molecule has 0 aromatic heterocycles. The van der Waals surface area contributed by atoms with Crippen LogP contribution in [0.25, 0.3) is 0 Å². The van der Waals surface area contributed by atoms with Crippen molar-refractivity contribution in [2.24, 2.45) is 23.2 Å². The predicted molar refractivity (Wildman–Crippen MR) is 87.5 cm³/mol. The van der Waals surface area contributed by atoms with E-state index in [1.807, 2.05) is 0 Å². The number of aryl methyl sites for hydroxylation is 1. The lowest BCUT2D eigenvalue weighted by atomic mass is 9.54. The minimum atomic E-state index is 0.641. The average molecular weight is 286 g/mol. The van der Waals surface area contributed by atoms with E-state index >= 15 is 0 Å². The van der Waals surface area contributed by atoms with Crippen LogP contribution in [-0.4, -0.2) is 0 Å². The summed E-state index contributed by atoms with van der Waals surface area (Å²) in [6.45, 7) is 5.10. The van der Waals surface area contributed by atoms with Gasteiger partial charge in [-0.3, -0.25) is 0 Å². The van der Waals surface area contributed by atoms with Crippen LogP contribution < -0.4 is 0 Å². The van der Waals surface area contributed by atoms with Crippen molar-refractivity contribution in [2.45, 2.75) is 63.2 Å². The van der Waals surface area contributed by atoms with E-state index in [1.54, 1.807) is 11.1 Å². The molecule has 0 radical (unpaired) electrons. The zero-order valence-corrected chi connectivity index (χ0v) is 13.6. The highest BCUT2D eigenvalue weighted by Gasteiger charge is 2.53. The second kappa shape index (κ2) is 4.53. The minimum Gasteiger partial charge on any atom is -0.143 e. The molecule has 0 aliphatic heterocycles. The first-order valence-corrected chi connectivity index (χ1v) is 8.86. The van der Waals surface area contributed by atoms with Crippen molar-refractivity contribution in [2.75, 3.05) is 0 Å². The number of thiol groups is 1. The van der Waals surface area contributed by atoms with Gasteiger partial charge in [-0.25, -0.2) is 0 Å². The summed E-state index contributed by atoms with van der Waals surface area (Å²) in [4.78, 5) is 1.14. The molecule has 4 rings (SSSR count). The molecule has 2 unspecified atom stereocenters. The lowest BCUT2D eigenvalue weighted by Gasteiger charge is -2.50. The highest BCUT2D eigenvalue weighted by atomic mass is 32.1. The molecule has 0 saturated heterocycles. The van der Waals surface area contributed by atoms with Gasteiger partial charge in [0.15, 0.2) is 0 Å². The number of benzene rings is 1. The van der Waals surface area contributed by atoms with E-state index in [0.717, 1.165) is 28.6 Å². The Balaban J connectivity index is 1.71. The maximum absolute atomic E-state index is 4.52. The first-order chi connectivity index (χ1) is 9.59. The molecule has 0 amide bonds. The Morgan fingerprint density at radius 2 is 2.00 bits per heavy atom. The third-order valence-corrected chi connectivity index (χ3v) is 7.46. The molecule has 0 bridgehead atoms. The first-order valence-electron chi connectivity index (χ1n) is 8.41. The smallest absolute Gasteiger partial charge is 0.00429 e. The highest BCUT2D eigenvalue weighted by Crippen LogP contribution is 2.62. The third-order valence-electron chi connectivity index (χ3n) is 7.18. The minimum absolute atomic E-state index is 0.641. The lowest BCUT2D eigenvalue weighted by Crippen LogP contribution is -2.41. The Bertz CT molecular complexity index is 535. The standard InChI is InChI=1S/C19H26S/c1-12-3-8-18-17-6-4-13-11-14(20)5-7-15(13)16(17)9-10-19(12,18)2/h5,7,11-12,16-18,20H,3-4,6,8-10H2,1-2H3/t12-,16?,17+,18?,19+/m0/s1. The summed E-state index contributed by atoms with van der Waals surface area (Å²) < 4.78 is 0. The van der Waals surface area contributed by atoms with E-state index in [9.17, 15) is 0 Å². The molecule has 3 aliphatic rings. The quantitative estimate of drug-likeness (QED) is 0.601. The zero-order chi connectivity index (χ0) is 13.9. The summed E-state index contributed by atoms with van der Waals surface area (Å²) in [5, 5.41) is 0. The summed E-state index contributed by atoms with van der Waals surface area (Å²) in [7, 11) is 0. The molecule has 5 atom stereocenters. The molecule has 0 N–H and O–H groups in total. The van der Waals surface area contributed by atoms with Crippen LogP contribution in [-0.2, 0) is 6.42 Å². The molecule has 3 aliphatic carbocycles. The van der Waals surface area contributed by atoms with Crippen LogP contribution in [0.3, 0.4) is 0 Å². The number of fused-ring (bicyclic) bond motifs is 5. The van der Waals surface area contributed by atoms with E-state index in [2.05, 4.69) is 44.7 Å². The first kappa shape index (κ1) is 13.2. The molecule has 1 aromatic carbocycles. The van der Waals surface area contributed by atoms with Gasteiger partial charge in [-0.05, 0) is 90.9 Å². The third kappa shape index (κ3) is 1.75. The molecular weight excluding hydrogens is 260 g/mol. The van der Waals surface area contributed by atoms with Crippen molar-refractivity contribution in [3.63, 3.8) is 0 Å². The van der Waals surface area contributed by atoms with Gasteiger partial charge >= 0.3 is 0 Å². The topological polar surface area (TPSA) is 0 Å². The molecule has 0 nitrogen and oxygen atoms in total. The summed E-state index contributed by atoms with van der Waals surface area (Å²) in [6.07, 6.45) is 8.52. The largest absolute Gasteiger partial charge is 0.143 e. The molecule has 1 aromatic rings. The van der Waals surface area contributed by atoms with Gasteiger partial charge in [-0.15, -0.1) is 12.6 Å². The van der Waals surface area contributed by atoms with Crippen LogP contribution in [0, 0.1) is 23.2 Å². The van der Waals surface area contributed by atoms with Gasteiger partial charge in [0.1, 0.15) is 0 Å². The SMILES string of the molecule is C[C@H]1CCC2[C@@H]3CCc4cc(S)ccc4C3CC[C@@]21C. The van der Waals surface area contributed by atoms with Crippen molar-refractivity contribution < 1.29 is 0 Å². The molecule has 1 heteroatoms. The van der Waals surface area contributed by atoms with Crippen molar-refractivity contribution in [3.8, 4) is 0 Å². The maximum atomic E-state index is 4.52. The van der Waals surface area contributed by atoms with Crippen LogP contribution in [0.1, 0.15) is 63.0 Å². The van der Waals surface area contributed by atoms with E-state index in [-0.39, 0.29) is 0 Å². The number of rotatable bonds is 0. The van der Waals surface area contributed by atoms with Gasteiger partial charge < -0.3 is 0 Å². The fraction of sp³-hybridized carbons (Fsp3) is 0.684. The average Bonchev–Trinajstić information content (AvgIpc) is 2.74. The molecule has 2 fully saturated rings. The van der Waals surface area contributed by atoms with Gasteiger partial charge in [-0.2, -0.15) is 0 Å². The number of hydrogen-bond acceptors (Lipinski definition) is 1. The molecular formula is C19H26S. The van der Waals surface area contributed by atoms with Gasteiger partial charge in [0.25, 0.3) is 0 Å². The van der Waals surface area contributed by atoms with Crippen molar-refractivity contribution in [3.05, 3.63) is 29.3 Å². The van der Waals surface area contributed by atoms with E-state index in [0.29, 0.717) is 5.41 Å². The number of hydrogen-bond donors (Lipinski definition) is 1. The van der Waals surface area contributed by atoms with Crippen molar-refractivity contribution in [1.82, 2.24) is 0 Å². The normalized spacial score (nSPS) is 42.8. The Morgan fingerprint density at radius 1 is 1.15 bits per heavy atom. The Hall–Kier alpha value is -0.430. The van der Waals surface area contributed by atoms with Crippen LogP contribution in [0.15, 0.2) is 23.1 Å². The molecule has 2 saturated carbocycles. The summed E-state index contributed by atoms with van der Waals surface area (Å²) in [5.74, 6) is 3.72. The Labute approximate surface area is 128 Å². The Kier molecular flexibility index (Phi) is 3.00.